The molecule has 3 aliphatic rings. The van der Waals surface area contributed by atoms with Crippen LogP contribution in [0.1, 0.15) is 77.0 Å². The summed E-state index contributed by atoms with van der Waals surface area (Å²) in [6.07, 6.45) is 5.36. The summed E-state index contributed by atoms with van der Waals surface area (Å²) in [6, 6.07) is 10.3. The Labute approximate surface area is 244 Å². The van der Waals surface area contributed by atoms with Gasteiger partial charge in [0.25, 0.3) is 0 Å². The molecule has 220 valence electrons. The van der Waals surface area contributed by atoms with E-state index in [9.17, 15) is 19.6 Å². The van der Waals surface area contributed by atoms with E-state index in [0.29, 0.717) is 44.0 Å². The number of benzene rings is 1. The molecule has 0 aliphatic carbocycles. The van der Waals surface area contributed by atoms with E-state index in [4.69, 9.17) is 0 Å². The normalized spacial score (nSPS) is 27.9. The number of nitrogens with one attached hydrogen (secondary N) is 1. The Morgan fingerprint density at radius 1 is 1.12 bits per heavy atom. The molecule has 3 aliphatic heterocycles. The van der Waals surface area contributed by atoms with Crippen LogP contribution < -0.4 is 5.32 Å². The molecule has 5 rings (SSSR count). The lowest BCUT2D eigenvalue weighted by molar-refractivity contribution is -0.146. The number of fused-ring (bicyclic) bond motifs is 5. The molecule has 0 saturated carbocycles. The number of piperidine rings is 2. The summed E-state index contributed by atoms with van der Waals surface area (Å²) in [5.74, 6) is 1.49. The lowest BCUT2D eigenvalue weighted by Crippen LogP contribution is -2.60. The maximum absolute atomic E-state index is 13.7. The fraction of sp³-hybridized carbons (Fsp3) is 0.636. The predicted molar refractivity (Wildman–Crippen MR) is 159 cm³/mol. The van der Waals surface area contributed by atoms with Crippen molar-refractivity contribution in [3.8, 4) is 6.07 Å². The molecule has 1 aromatic heterocycles. The third kappa shape index (κ3) is 6.14. The van der Waals surface area contributed by atoms with Crippen LogP contribution in [0.15, 0.2) is 24.3 Å². The number of likely N-dealkylation sites (tertiary alicyclic amines) is 1. The minimum absolute atomic E-state index is 0.0512. The summed E-state index contributed by atoms with van der Waals surface area (Å²) in [5.41, 5.74) is 2.35. The Morgan fingerprint density at radius 3 is 2.66 bits per heavy atom. The van der Waals surface area contributed by atoms with E-state index in [2.05, 4.69) is 37.1 Å². The van der Waals surface area contributed by atoms with Gasteiger partial charge in [0.1, 0.15) is 12.6 Å². The standard InChI is InChI=1S/C33H45N5O3/c1-21(2)28-13-12-22(3)14-32(40)38-18-24-15-25(29(38)10-7-11-31(39)35-28)19-36(17-24)33(41)20-37-23(4)27(16-34)26-8-5-6-9-30(26)37/h5-6,8-9,21-22,24-25,28-29H,7,10-15,17-20H2,1-4H3,(H,35,39)/t22-,24+,25+,28+,29+/m1/s1. The van der Waals surface area contributed by atoms with E-state index in [0.717, 1.165) is 48.7 Å². The minimum Gasteiger partial charge on any atom is -0.353 e. The first-order valence-corrected chi connectivity index (χ1v) is 15.5. The minimum atomic E-state index is 0.0512. The second-order valence-electron chi connectivity index (χ2n) is 13.1. The fourth-order valence-electron chi connectivity index (χ4n) is 7.52. The van der Waals surface area contributed by atoms with Crippen molar-refractivity contribution in [2.75, 3.05) is 19.6 Å². The molecule has 3 saturated heterocycles. The van der Waals surface area contributed by atoms with Crippen LogP contribution >= 0.6 is 0 Å². The molecule has 0 spiro atoms. The van der Waals surface area contributed by atoms with E-state index < -0.39 is 0 Å². The van der Waals surface area contributed by atoms with Crippen LogP contribution in [-0.2, 0) is 20.9 Å². The number of hydrogen-bond donors (Lipinski definition) is 1. The number of carbonyl (C=O) groups is 3. The average Bonchev–Trinajstić information content (AvgIpc) is 3.21. The van der Waals surface area contributed by atoms with Gasteiger partial charge in [0.15, 0.2) is 0 Å². The first-order chi connectivity index (χ1) is 19.7. The van der Waals surface area contributed by atoms with Crippen LogP contribution in [-0.4, -0.2) is 63.8 Å². The van der Waals surface area contributed by atoms with Gasteiger partial charge in [-0.2, -0.15) is 5.26 Å². The van der Waals surface area contributed by atoms with E-state index in [1.54, 1.807) is 0 Å². The number of aromatic nitrogens is 1. The van der Waals surface area contributed by atoms with Crippen LogP contribution in [0.25, 0.3) is 10.9 Å². The van der Waals surface area contributed by atoms with E-state index in [-0.39, 0.29) is 54.1 Å². The molecule has 1 aromatic carbocycles. The van der Waals surface area contributed by atoms with Crippen LogP contribution in [0.5, 0.6) is 0 Å². The Balaban J connectivity index is 1.33. The number of rotatable bonds is 3. The Hall–Kier alpha value is -3.34. The fourth-order valence-corrected chi connectivity index (χ4v) is 7.52. The lowest BCUT2D eigenvalue weighted by Gasteiger charge is -2.51. The maximum Gasteiger partial charge on any atom is 0.242 e. The van der Waals surface area contributed by atoms with Crippen molar-refractivity contribution < 1.29 is 14.4 Å². The van der Waals surface area contributed by atoms with Gasteiger partial charge in [-0.1, -0.05) is 39.0 Å². The number of amides is 3. The van der Waals surface area contributed by atoms with Gasteiger partial charge in [-0.3, -0.25) is 14.4 Å². The summed E-state index contributed by atoms with van der Waals surface area (Å²) in [4.78, 5) is 44.3. The average molecular weight is 560 g/mol. The third-order valence-electron chi connectivity index (χ3n) is 9.83. The summed E-state index contributed by atoms with van der Waals surface area (Å²) in [5, 5.41) is 13.9. The molecule has 3 amide bonds. The molecule has 5 atom stereocenters. The van der Waals surface area contributed by atoms with Crippen LogP contribution in [0, 0.1) is 41.9 Å². The molecule has 41 heavy (non-hydrogen) atoms. The van der Waals surface area contributed by atoms with Crippen LogP contribution in [0.2, 0.25) is 0 Å². The Morgan fingerprint density at radius 2 is 1.90 bits per heavy atom. The smallest absolute Gasteiger partial charge is 0.242 e. The van der Waals surface area contributed by atoms with Crippen molar-refractivity contribution in [1.82, 2.24) is 19.7 Å². The highest BCUT2D eigenvalue weighted by Gasteiger charge is 2.43. The quantitative estimate of drug-likeness (QED) is 0.593. The predicted octanol–water partition coefficient (Wildman–Crippen LogP) is 4.63. The first kappa shape index (κ1) is 29.2. The summed E-state index contributed by atoms with van der Waals surface area (Å²) in [6.45, 7) is 10.5. The van der Waals surface area contributed by atoms with Gasteiger partial charge >= 0.3 is 0 Å². The van der Waals surface area contributed by atoms with Gasteiger partial charge in [-0.05, 0) is 68.8 Å². The molecule has 8 nitrogen and oxygen atoms in total. The number of nitriles is 1. The number of nitrogens with zero attached hydrogens (tertiary/aromatic N) is 4. The third-order valence-corrected chi connectivity index (χ3v) is 9.83. The Kier molecular flexibility index (Phi) is 8.72. The van der Waals surface area contributed by atoms with Crippen molar-refractivity contribution in [2.45, 2.75) is 91.3 Å². The largest absolute Gasteiger partial charge is 0.353 e. The van der Waals surface area contributed by atoms with Crippen LogP contribution in [0.4, 0.5) is 0 Å². The summed E-state index contributed by atoms with van der Waals surface area (Å²) in [7, 11) is 0. The molecular weight excluding hydrogens is 514 g/mol. The highest BCUT2D eigenvalue weighted by molar-refractivity contribution is 5.89. The van der Waals surface area contributed by atoms with E-state index in [1.165, 1.54) is 0 Å². The first-order valence-electron chi connectivity index (χ1n) is 15.5. The Bertz CT molecular complexity index is 1340. The van der Waals surface area contributed by atoms with Crippen molar-refractivity contribution in [3.63, 3.8) is 0 Å². The van der Waals surface area contributed by atoms with E-state index >= 15 is 0 Å². The molecule has 0 radical (unpaired) electrons. The second-order valence-corrected chi connectivity index (χ2v) is 13.1. The molecular formula is C33H45N5O3. The SMILES string of the molecule is Cc1c(C#N)c2ccccc2n1CC(=O)N1C[C@@H]2C[C@@H](C1)[C@@H]1CCCC(=O)N[C@H](C(C)C)CC[C@@H](C)CC(=O)N1C2. The zero-order chi connectivity index (χ0) is 29.3. The van der Waals surface area contributed by atoms with Gasteiger partial charge in [0.2, 0.25) is 17.7 Å². The molecule has 1 N–H and O–H groups in total. The zero-order valence-electron chi connectivity index (χ0n) is 25.1. The van der Waals surface area contributed by atoms with Gasteiger partial charge in [-0.25, -0.2) is 0 Å². The monoisotopic (exact) mass is 559 g/mol. The van der Waals surface area contributed by atoms with Crippen molar-refractivity contribution in [1.29, 1.82) is 5.26 Å². The second kappa shape index (κ2) is 12.3. The molecule has 4 heterocycles. The number of carbonyl (C=O) groups excluding carboxylic acids is 3. The van der Waals surface area contributed by atoms with Crippen LogP contribution in [0.3, 0.4) is 0 Å². The topological polar surface area (TPSA) is 98.4 Å². The van der Waals surface area contributed by atoms with Gasteiger partial charge in [0, 0.05) is 55.6 Å². The molecule has 2 aromatic rings. The highest BCUT2D eigenvalue weighted by atomic mass is 16.2. The summed E-state index contributed by atoms with van der Waals surface area (Å²) < 4.78 is 1.97. The number of hydrogen-bond acceptors (Lipinski definition) is 4. The van der Waals surface area contributed by atoms with E-state index in [1.807, 2.05) is 40.7 Å². The van der Waals surface area contributed by atoms with Gasteiger partial charge in [-0.15, -0.1) is 0 Å². The van der Waals surface area contributed by atoms with Crippen molar-refractivity contribution in [2.24, 2.45) is 23.7 Å². The molecule has 3 fully saturated rings. The molecule has 2 bridgehead atoms. The highest BCUT2D eigenvalue weighted by Crippen LogP contribution is 2.37. The lowest BCUT2D eigenvalue weighted by atomic mass is 9.77. The molecule has 8 heteroatoms. The number of para-hydroxylation sites is 1. The van der Waals surface area contributed by atoms with Crippen molar-refractivity contribution >= 4 is 28.6 Å². The van der Waals surface area contributed by atoms with Gasteiger partial charge < -0.3 is 19.7 Å². The summed E-state index contributed by atoms with van der Waals surface area (Å²) >= 11 is 0. The maximum atomic E-state index is 13.7. The zero-order valence-corrected chi connectivity index (χ0v) is 25.1. The van der Waals surface area contributed by atoms with Crippen molar-refractivity contribution in [3.05, 3.63) is 35.5 Å². The molecule has 0 unspecified atom stereocenters. The van der Waals surface area contributed by atoms with Gasteiger partial charge in [0.05, 0.1) is 11.1 Å².